The molecule has 1 rings (SSSR count). The highest BCUT2D eigenvalue weighted by Gasteiger charge is 2.25. The van der Waals surface area contributed by atoms with E-state index in [0.29, 0.717) is 11.2 Å². The van der Waals surface area contributed by atoms with E-state index in [-0.39, 0.29) is 0 Å². The zero-order valence-corrected chi connectivity index (χ0v) is 9.38. The van der Waals surface area contributed by atoms with Gasteiger partial charge >= 0.3 is 0 Å². The van der Waals surface area contributed by atoms with E-state index in [4.69, 9.17) is 0 Å². The van der Waals surface area contributed by atoms with E-state index in [0.717, 1.165) is 19.3 Å². The number of benzene rings is 1. The molecule has 0 unspecified atom stereocenters. The van der Waals surface area contributed by atoms with Crippen molar-refractivity contribution < 1.29 is 5.11 Å². The first-order valence-electron chi connectivity index (χ1n) is 5.48. The van der Waals surface area contributed by atoms with E-state index in [1.165, 1.54) is 5.56 Å². The topological polar surface area (TPSA) is 20.2 Å². The van der Waals surface area contributed by atoms with Crippen molar-refractivity contribution in [3.8, 4) is 5.75 Å². The Balaban J connectivity index is 3.05. The second kappa shape index (κ2) is 4.50. The van der Waals surface area contributed by atoms with Crippen LogP contribution in [0.1, 0.15) is 45.6 Å². The number of phenolic OH excluding ortho intramolecular Hbond substituents is 1. The molecule has 0 fully saturated rings. The SMILES string of the molecule is CCC(CC)(CC)c1ccc(O)cc1. The highest BCUT2D eigenvalue weighted by molar-refractivity contribution is 5.31. The molecule has 0 heterocycles. The fourth-order valence-corrected chi connectivity index (χ4v) is 2.18. The van der Waals surface area contributed by atoms with Gasteiger partial charge in [-0.2, -0.15) is 0 Å². The van der Waals surface area contributed by atoms with Crippen LogP contribution in [-0.2, 0) is 5.41 Å². The van der Waals surface area contributed by atoms with Crippen LogP contribution in [0, 0.1) is 0 Å². The van der Waals surface area contributed by atoms with Crippen LogP contribution in [0.5, 0.6) is 5.75 Å². The van der Waals surface area contributed by atoms with Crippen LogP contribution in [0.2, 0.25) is 0 Å². The van der Waals surface area contributed by atoms with E-state index in [1.54, 1.807) is 12.1 Å². The molecule has 0 atom stereocenters. The smallest absolute Gasteiger partial charge is 0.115 e. The lowest BCUT2D eigenvalue weighted by atomic mass is 9.74. The second-order valence-corrected chi connectivity index (χ2v) is 3.89. The Bertz CT molecular complexity index is 262. The monoisotopic (exact) mass is 192 g/mol. The minimum atomic E-state index is 0.299. The normalized spacial score (nSPS) is 11.6. The molecule has 1 nitrogen and oxygen atoms in total. The van der Waals surface area contributed by atoms with Crippen LogP contribution in [0.25, 0.3) is 0 Å². The Hall–Kier alpha value is -0.980. The summed E-state index contributed by atoms with van der Waals surface area (Å²) in [5.74, 6) is 0.353. The average Bonchev–Trinajstić information content (AvgIpc) is 2.24. The molecule has 1 aromatic carbocycles. The molecular formula is C13H20O. The Morgan fingerprint density at radius 2 is 1.36 bits per heavy atom. The van der Waals surface area contributed by atoms with E-state index in [1.807, 2.05) is 12.1 Å². The lowest BCUT2D eigenvalue weighted by molar-refractivity contribution is 0.381. The van der Waals surface area contributed by atoms with Crippen LogP contribution < -0.4 is 0 Å². The third-order valence-corrected chi connectivity index (χ3v) is 3.51. The molecule has 0 aliphatic carbocycles. The maximum atomic E-state index is 9.24. The lowest BCUT2D eigenvalue weighted by Crippen LogP contribution is -2.22. The molecule has 0 saturated heterocycles. The number of hydrogen-bond donors (Lipinski definition) is 1. The molecule has 0 aliphatic heterocycles. The van der Waals surface area contributed by atoms with Crippen molar-refractivity contribution in [2.24, 2.45) is 0 Å². The van der Waals surface area contributed by atoms with Gasteiger partial charge in [0, 0.05) is 0 Å². The molecule has 0 spiro atoms. The Morgan fingerprint density at radius 1 is 0.929 bits per heavy atom. The predicted molar refractivity (Wildman–Crippen MR) is 60.7 cm³/mol. The van der Waals surface area contributed by atoms with Gasteiger partial charge in [0.15, 0.2) is 0 Å². The molecule has 0 amide bonds. The maximum Gasteiger partial charge on any atom is 0.115 e. The lowest BCUT2D eigenvalue weighted by Gasteiger charge is -2.31. The summed E-state index contributed by atoms with van der Waals surface area (Å²) in [5.41, 5.74) is 1.65. The summed E-state index contributed by atoms with van der Waals surface area (Å²) in [6.45, 7) is 6.71. The molecule has 1 aromatic rings. The van der Waals surface area contributed by atoms with Gasteiger partial charge in [-0.1, -0.05) is 32.9 Å². The summed E-state index contributed by atoms with van der Waals surface area (Å²) in [6, 6.07) is 7.66. The van der Waals surface area contributed by atoms with Crippen molar-refractivity contribution in [2.45, 2.75) is 45.4 Å². The molecule has 1 heteroatoms. The summed E-state index contributed by atoms with van der Waals surface area (Å²) in [7, 11) is 0. The fourth-order valence-electron chi connectivity index (χ4n) is 2.18. The molecule has 78 valence electrons. The molecule has 0 saturated carbocycles. The van der Waals surface area contributed by atoms with E-state index in [9.17, 15) is 5.11 Å². The van der Waals surface area contributed by atoms with Crippen molar-refractivity contribution in [1.29, 1.82) is 0 Å². The van der Waals surface area contributed by atoms with Crippen molar-refractivity contribution in [3.63, 3.8) is 0 Å². The molecule has 1 N–H and O–H groups in total. The minimum Gasteiger partial charge on any atom is -0.508 e. The van der Waals surface area contributed by atoms with Gasteiger partial charge in [0.2, 0.25) is 0 Å². The highest BCUT2D eigenvalue weighted by Crippen LogP contribution is 2.35. The third kappa shape index (κ3) is 1.92. The van der Waals surface area contributed by atoms with Crippen LogP contribution in [0.4, 0.5) is 0 Å². The van der Waals surface area contributed by atoms with Crippen molar-refractivity contribution in [3.05, 3.63) is 29.8 Å². The highest BCUT2D eigenvalue weighted by atomic mass is 16.3. The van der Waals surface area contributed by atoms with Gasteiger partial charge in [0.1, 0.15) is 5.75 Å². The molecule has 0 aromatic heterocycles. The molecule has 0 bridgehead atoms. The van der Waals surface area contributed by atoms with Gasteiger partial charge in [-0.15, -0.1) is 0 Å². The Kier molecular flexibility index (Phi) is 3.56. The third-order valence-electron chi connectivity index (χ3n) is 3.51. The number of hydrogen-bond acceptors (Lipinski definition) is 1. The van der Waals surface area contributed by atoms with Gasteiger partial charge in [0.05, 0.1) is 0 Å². The van der Waals surface area contributed by atoms with Gasteiger partial charge in [-0.05, 0) is 42.4 Å². The maximum absolute atomic E-state index is 9.24. The minimum absolute atomic E-state index is 0.299. The van der Waals surface area contributed by atoms with E-state index >= 15 is 0 Å². The number of aromatic hydroxyl groups is 1. The van der Waals surface area contributed by atoms with Crippen LogP contribution in [0.3, 0.4) is 0 Å². The second-order valence-electron chi connectivity index (χ2n) is 3.89. The first-order chi connectivity index (χ1) is 6.68. The first kappa shape index (κ1) is 11.1. The fraction of sp³-hybridized carbons (Fsp3) is 0.538. The van der Waals surface area contributed by atoms with E-state index < -0.39 is 0 Å². The zero-order chi connectivity index (χ0) is 10.6. The van der Waals surface area contributed by atoms with Crippen LogP contribution >= 0.6 is 0 Å². The first-order valence-corrected chi connectivity index (χ1v) is 5.48. The average molecular weight is 192 g/mol. The van der Waals surface area contributed by atoms with Gasteiger partial charge < -0.3 is 5.11 Å². The number of phenols is 1. The van der Waals surface area contributed by atoms with E-state index in [2.05, 4.69) is 20.8 Å². The van der Waals surface area contributed by atoms with Gasteiger partial charge in [0.25, 0.3) is 0 Å². The summed E-state index contributed by atoms with van der Waals surface area (Å²) in [5, 5.41) is 9.24. The van der Waals surface area contributed by atoms with Crippen LogP contribution in [0.15, 0.2) is 24.3 Å². The number of rotatable bonds is 4. The Labute approximate surface area is 86.8 Å². The largest absolute Gasteiger partial charge is 0.508 e. The Morgan fingerprint density at radius 3 is 1.71 bits per heavy atom. The van der Waals surface area contributed by atoms with Crippen molar-refractivity contribution in [2.75, 3.05) is 0 Å². The summed E-state index contributed by atoms with van der Waals surface area (Å²) < 4.78 is 0. The predicted octanol–water partition coefficient (Wildman–Crippen LogP) is 3.86. The summed E-state index contributed by atoms with van der Waals surface area (Å²) in [4.78, 5) is 0. The standard InChI is InChI=1S/C13H20O/c1-4-13(5-2,6-3)11-7-9-12(14)10-8-11/h7-10,14H,4-6H2,1-3H3. The molecule has 0 radical (unpaired) electrons. The molecule has 14 heavy (non-hydrogen) atoms. The molecule has 0 aliphatic rings. The van der Waals surface area contributed by atoms with Crippen molar-refractivity contribution >= 4 is 0 Å². The molecular weight excluding hydrogens is 172 g/mol. The summed E-state index contributed by atoms with van der Waals surface area (Å²) >= 11 is 0. The van der Waals surface area contributed by atoms with Gasteiger partial charge in [-0.3, -0.25) is 0 Å². The van der Waals surface area contributed by atoms with Crippen LogP contribution in [-0.4, -0.2) is 5.11 Å². The zero-order valence-electron chi connectivity index (χ0n) is 9.38. The van der Waals surface area contributed by atoms with Gasteiger partial charge in [-0.25, -0.2) is 0 Å². The quantitative estimate of drug-likeness (QED) is 0.768. The summed E-state index contributed by atoms with van der Waals surface area (Å²) in [6.07, 6.45) is 3.47. The van der Waals surface area contributed by atoms with Crippen molar-refractivity contribution in [1.82, 2.24) is 0 Å².